The van der Waals surface area contributed by atoms with Crippen molar-refractivity contribution in [3.05, 3.63) is 28.7 Å². The molecule has 1 amide bonds. The number of hydrogen-bond donors (Lipinski definition) is 0. The fourth-order valence-corrected chi connectivity index (χ4v) is 4.91. The Hall–Kier alpha value is -1.53. The van der Waals surface area contributed by atoms with Crippen molar-refractivity contribution >= 4 is 40.3 Å². The van der Waals surface area contributed by atoms with Gasteiger partial charge in [-0.15, -0.1) is 0 Å². The summed E-state index contributed by atoms with van der Waals surface area (Å²) in [5, 5.41) is 0. The van der Waals surface area contributed by atoms with Crippen LogP contribution in [-0.2, 0) is 4.79 Å². The molecule has 0 aromatic heterocycles. The molecule has 1 aromatic rings. The molecule has 1 saturated carbocycles. The zero-order valence-electron chi connectivity index (χ0n) is 16.0. The predicted molar refractivity (Wildman–Crippen MR) is 115 cm³/mol. The summed E-state index contributed by atoms with van der Waals surface area (Å²) in [6.07, 6.45) is 9.72. The Kier molecular flexibility index (Phi) is 7.19. The molecule has 1 aliphatic carbocycles. The van der Waals surface area contributed by atoms with Gasteiger partial charge >= 0.3 is 0 Å². The molecule has 0 N–H and O–H groups in total. The smallest absolute Gasteiger partial charge is 0.266 e. The Balaban J connectivity index is 1.75. The number of carbonyl (C=O) groups is 1. The Bertz CT molecular complexity index is 726. The van der Waals surface area contributed by atoms with Crippen LogP contribution in [0.5, 0.6) is 11.5 Å². The average molecular weight is 406 g/mol. The van der Waals surface area contributed by atoms with Crippen LogP contribution in [0.15, 0.2) is 23.1 Å². The summed E-state index contributed by atoms with van der Waals surface area (Å²) in [4.78, 5) is 15.4. The maximum Gasteiger partial charge on any atom is 0.266 e. The van der Waals surface area contributed by atoms with Gasteiger partial charge in [-0.1, -0.05) is 62.7 Å². The van der Waals surface area contributed by atoms with Crippen molar-refractivity contribution in [3.8, 4) is 11.5 Å². The molecular formula is C21H27NO3S2. The fourth-order valence-electron chi connectivity index (χ4n) is 3.50. The molecule has 0 bridgehead atoms. The van der Waals surface area contributed by atoms with Gasteiger partial charge in [-0.3, -0.25) is 9.69 Å². The average Bonchev–Trinajstić information content (AvgIpc) is 2.96. The van der Waals surface area contributed by atoms with E-state index < -0.39 is 0 Å². The van der Waals surface area contributed by atoms with Gasteiger partial charge in [-0.2, -0.15) is 0 Å². The van der Waals surface area contributed by atoms with Crippen LogP contribution in [0, 0.1) is 0 Å². The second-order valence-electron chi connectivity index (χ2n) is 6.96. The van der Waals surface area contributed by atoms with Crippen LogP contribution in [0.2, 0.25) is 0 Å². The first kappa shape index (κ1) is 20.2. The molecule has 27 heavy (non-hydrogen) atoms. The zero-order chi connectivity index (χ0) is 19.2. The highest BCUT2D eigenvalue weighted by atomic mass is 32.2. The van der Waals surface area contributed by atoms with Crippen LogP contribution in [0.3, 0.4) is 0 Å². The van der Waals surface area contributed by atoms with E-state index in [-0.39, 0.29) is 11.9 Å². The van der Waals surface area contributed by atoms with Crippen molar-refractivity contribution in [1.29, 1.82) is 0 Å². The van der Waals surface area contributed by atoms with Gasteiger partial charge in [0, 0.05) is 6.04 Å². The minimum atomic E-state index is 0.0409. The van der Waals surface area contributed by atoms with E-state index in [0.29, 0.717) is 21.6 Å². The largest absolute Gasteiger partial charge is 0.493 e. The van der Waals surface area contributed by atoms with E-state index in [0.717, 1.165) is 37.0 Å². The number of amides is 1. The first-order valence-electron chi connectivity index (χ1n) is 9.72. The summed E-state index contributed by atoms with van der Waals surface area (Å²) >= 11 is 6.90. The van der Waals surface area contributed by atoms with Crippen molar-refractivity contribution < 1.29 is 14.3 Å². The molecule has 0 radical (unpaired) electrons. The number of ether oxygens (including phenoxy) is 2. The minimum absolute atomic E-state index is 0.0409. The molecule has 2 fully saturated rings. The van der Waals surface area contributed by atoms with Gasteiger partial charge < -0.3 is 9.47 Å². The van der Waals surface area contributed by atoms with E-state index in [4.69, 9.17) is 21.7 Å². The molecule has 0 unspecified atom stereocenters. The molecule has 1 heterocycles. The third-order valence-corrected chi connectivity index (χ3v) is 6.33. The molecule has 4 nitrogen and oxygen atoms in total. The van der Waals surface area contributed by atoms with E-state index in [2.05, 4.69) is 6.92 Å². The van der Waals surface area contributed by atoms with Crippen LogP contribution < -0.4 is 9.47 Å². The second kappa shape index (κ2) is 9.60. The normalized spacial score (nSPS) is 19.8. The summed E-state index contributed by atoms with van der Waals surface area (Å²) in [5.41, 5.74) is 0.916. The molecular weight excluding hydrogens is 378 g/mol. The van der Waals surface area contributed by atoms with Gasteiger partial charge in [0.05, 0.1) is 18.6 Å². The predicted octanol–water partition coefficient (Wildman–Crippen LogP) is 5.41. The standard InChI is InChI=1S/C21H27NO3S2/c1-3-4-12-25-17-11-10-15(13-18(17)24-2)14-19-20(23)22(21(26)27-19)16-8-6-5-7-9-16/h10-11,13-14,16H,3-9,12H2,1-2H3/b19-14-. The number of thiocarbonyl (C=S) groups is 1. The summed E-state index contributed by atoms with van der Waals surface area (Å²) < 4.78 is 11.9. The van der Waals surface area contributed by atoms with Gasteiger partial charge in [-0.25, -0.2) is 0 Å². The number of nitrogens with zero attached hydrogens (tertiary/aromatic N) is 1. The van der Waals surface area contributed by atoms with E-state index in [1.165, 1.54) is 31.0 Å². The van der Waals surface area contributed by atoms with Crippen LogP contribution >= 0.6 is 24.0 Å². The van der Waals surface area contributed by atoms with Gasteiger partial charge in [0.25, 0.3) is 5.91 Å². The molecule has 1 aliphatic heterocycles. The number of hydrogen-bond acceptors (Lipinski definition) is 5. The van der Waals surface area contributed by atoms with E-state index in [9.17, 15) is 4.79 Å². The molecule has 1 saturated heterocycles. The molecule has 146 valence electrons. The molecule has 1 aromatic carbocycles. The number of rotatable bonds is 7. The van der Waals surface area contributed by atoms with Crippen LogP contribution in [0.1, 0.15) is 57.4 Å². The SMILES string of the molecule is CCCCOc1ccc(/C=C2\SC(=S)N(C3CCCCC3)C2=O)cc1OC. The zero-order valence-corrected chi connectivity index (χ0v) is 17.7. The van der Waals surface area contributed by atoms with Crippen molar-refractivity contribution in [2.45, 2.75) is 57.9 Å². The summed E-state index contributed by atoms with van der Waals surface area (Å²) in [6.45, 7) is 2.81. The number of methoxy groups -OCH3 is 1. The molecule has 2 aliphatic rings. The minimum Gasteiger partial charge on any atom is -0.493 e. The van der Waals surface area contributed by atoms with Gasteiger partial charge in [0.15, 0.2) is 11.5 Å². The van der Waals surface area contributed by atoms with Crippen LogP contribution in [0.25, 0.3) is 6.08 Å². The molecule has 0 atom stereocenters. The summed E-state index contributed by atoms with van der Waals surface area (Å²) in [6, 6.07) is 6.04. The van der Waals surface area contributed by atoms with Crippen molar-refractivity contribution in [1.82, 2.24) is 4.90 Å². The number of unbranched alkanes of at least 4 members (excludes halogenated alkanes) is 1. The Labute approximate surface area is 171 Å². The van der Waals surface area contributed by atoms with Crippen LogP contribution in [-0.4, -0.2) is 34.9 Å². The lowest BCUT2D eigenvalue weighted by atomic mass is 9.94. The number of benzene rings is 1. The van der Waals surface area contributed by atoms with Gasteiger partial charge in [0.1, 0.15) is 4.32 Å². The topological polar surface area (TPSA) is 38.8 Å². The fraction of sp³-hybridized carbons (Fsp3) is 0.524. The second-order valence-corrected chi connectivity index (χ2v) is 8.63. The maximum atomic E-state index is 12.9. The van der Waals surface area contributed by atoms with E-state index >= 15 is 0 Å². The molecule has 0 spiro atoms. The number of carbonyl (C=O) groups excluding carboxylic acids is 1. The van der Waals surface area contributed by atoms with Gasteiger partial charge in [0.2, 0.25) is 0 Å². The highest BCUT2D eigenvalue weighted by molar-refractivity contribution is 8.26. The molecule has 3 rings (SSSR count). The highest BCUT2D eigenvalue weighted by Gasteiger charge is 2.37. The summed E-state index contributed by atoms with van der Waals surface area (Å²) in [7, 11) is 1.63. The number of thioether (sulfide) groups is 1. The van der Waals surface area contributed by atoms with Crippen molar-refractivity contribution in [2.75, 3.05) is 13.7 Å². The Morgan fingerprint density at radius 1 is 1.26 bits per heavy atom. The maximum absolute atomic E-state index is 12.9. The first-order valence-corrected chi connectivity index (χ1v) is 10.9. The van der Waals surface area contributed by atoms with E-state index in [1.807, 2.05) is 29.2 Å². The van der Waals surface area contributed by atoms with Crippen LogP contribution in [0.4, 0.5) is 0 Å². The first-order chi connectivity index (χ1) is 13.1. The Morgan fingerprint density at radius 2 is 2.04 bits per heavy atom. The lowest BCUT2D eigenvalue weighted by Crippen LogP contribution is -2.39. The third kappa shape index (κ3) is 4.85. The quantitative estimate of drug-likeness (QED) is 0.345. The van der Waals surface area contributed by atoms with Crippen molar-refractivity contribution in [3.63, 3.8) is 0 Å². The highest BCUT2D eigenvalue weighted by Crippen LogP contribution is 2.38. The third-order valence-electron chi connectivity index (χ3n) is 5.00. The summed E-state index contributed by atoms with van der Waals surface area (Å²) in [5.74, 6) is 1.46. The van der Waals surface area contributed by atoms with Crippen molar-refractivity contribution in [2.24, 2.45) is 0 Å². The van der Waals surface area contributed by atoms with Gasteiger partial charge in [-0.05, 0) is 43.0 Å². The van der Waals surface area contributed by atoms with E-state index in [1.54, 1.807) is 7.11 Å². The molecule has 6 heteroatoms. The monoisotopic (exact) mass is 405 g/mol. The Morgan fingerprint density at radius 3 is 2.74 bits per heavy atom. The lowest BCUT2D eigenvalue weighted by molar-refractivity contribution is -0.124. The lowest BCUT2D eigenvalue weighted by Gasteiger charge is -2.29.